The first-order valence-electron chi connectivity index (χ1n) is 9.19. The summed E-state index contributed by atoms with van der Waals surface area (Å²) < 4.78 is 0. The zero-order valence-electron chi connectivity index (χ0n) is 14.3. The Balaban J connectivity index is 1.64. The quantitative estimate of drug-likeness (QED) is 0.461. The molecule has 26 heavy (non-hydrogen) atoms. The van der Waals surface area contributed by atoms with E-state index in [0.717, 1.165) is 40.3 Å². The van der Waals surface area contributed by atoms with Gasteiger partial charge in [-0.05, 0) is 41.8 Å². The van der Waals surface area contributed by atoms with E-state index < -0.39 is 0 Å². The molecule has 6 rings (SSSR count). The molecule has 0 fully saturated rings. The Morgan fingerprint density at radius 1 is 0.885 bits per heavy atom. The summed E-state index contributed by atoms with van der Waals surface area (Å²) in [6.07, 6.45) is 6.44. The lowest BCUT2D eigenvalue weighted by atomic mass is 9.80. The highest BCUT2D eigenvalue weighted by Crippen LogP contribution is 2.39. The molecule has 4 aromatic rings. The second kappa shape index (κ2) is 5.21. The van der Waals surface area contributed by atoms with Gasteiger partial charge in [-0.25, -0.2) is 4.98 Å². The van der Waals surface area contributed by atoms with Gasteiger partial charge in [0.15, 0.2) is 0 Å². The number of aryl methyl sites for hydroxylation is 1. The van der Waals surface area contributed by atoms with Crippen LogP contribution < -0.4 is 10.6 Å². The zero-order chi connectivity index (χ0) is 17.1. The van der Waals surface area contributed by atoms with E-state index in [0.29, 0.717) is 5.92 Å². The van der Waals surface area contributed by atoms with Crippen LogP contribution in [0.15, 0.2) is 65.8 Å². The second-order valence-electron chi connectivity index (χ2n) is 7.25. The molecule has 0 saturated carbocycles. The van der Waals surface area contributed by atoms with Crippen molar-refractivity contribution in [3.63, 3.8) is 0 Å². The lowest BCUT2D eigenvalue weighted by molar-refractivity contribution is 0.454. The van der Waals surface area contributed by atoms with Crippen molar-refractivity contribution >= 4 is 27.9 Å². The number of pyridine rings is 2. The van der Waals surface area contributed by atoms with Crippen LogP contribution in [-0.2, 0) is 6.42 Å². The number of benzene rings is 2. The summed E-state index contributed by atoms with van der Waals surface area (Å²) in [7, 11) is 0. The van der Waals surface area contributed by atoms with Crippen LogP contribution in [0.1, 0.15) is 23.7 Å². The number of hydrogen-bond donors (Lipinski definition) is 0. The van der Waals surface area contributed by atoms with Gasteiger partial charge >= 0.3 is 0 Å². The van der Waals surface area contributed by atoms with Gasteiger partial charge in [-0.15, -0.1) is 0 Å². The molecule has 3 heteroatoms. The third-order valence-corrected chi connectivity index (χ3v) is 5.71. The normalized spacial score (nSPS) is 20.6. The minimum Gasteiger partial charge on any atom is -0.274 e. The van der Waals surface area contributed by atoms with Crippen LogP contribution in [0.4, 0.5) is 0 Å². The van der Waals surface area contributed by atoms with Crippen molar-refractivity contribution < 1.29 is 0 Å². The third-order valence-electron chi connectivity index (χ3n) is 5.71. The molecule has 0 saturated heterocycles. The molecule has 2 unspecified atom stereocenters. The molecule has 0 spiro atoms. The smallest absolute Gasteiger partial charge is 0.0992 e. The molecular weight excluding hydrogens is 318 g/mol. The largest absolute Gasteiger partial charge is 0.274 e. The van der Waals surface area contributed by atoms with E-state index in [9.17, 15) is 0 Å². The molecule has 2 atom stereocenters. The number of aromatic nitrogens is 2. The highest BCUT2D eigenvalue weighted by molar-refractivity contribution is 6.02. The van der Waals surface area contributed by atoms with Gasteiger partial charge in [-0.1, -0.05) is 42.5 Å². The average molecular weight is 335 g/mol. The molecule has 124 valence electrons. The van der Waals surface area contributed by atoms with E-state index in [1.54, 1.807) is 0 Å². The van der Waals surface area contributed by atoms with Gasteiger partial charge in [0.05, 0.1) is 28.1 Å². The lowest BCUT2D eigenvalue weighted by Gasteiger charge is -2.30. The van der Waals surface area contributed by atoms with Crippen molar-refractivity contribution in [1.82, 2.24) is 9.97 Å². The Kier molecular flexibility index (Phi) is 2.83. The maximum Gasteiger partial charge on any atom is 0.0992 e. The van der Waals surface area contributed by atoms with Crippen LogP contribution in [0.25, 0.3) is 27.9 Å². The second-order valence-corrected chi connectivity index (χ2v) is 7.25. The van der Waals surface area contributed by atoms with Gasteiger partial charge in [-0.3, -0.25) is 9.98 Å². The van der Waals surface area contributed by atoms with Gasteiger partial charge in [0.25, 0.3) is 0 Å². The Labute approximate surface area is 150 Å². The Bertz CT molecular complexity index is 1310. The van der Waals surface area contributed by atoms with Crippen LogP contribution >= 0.6 is 0 Å². The van der Waals surface area contributed by atoms with Crippen LogP contribution in [0.2, 0.25) is 0 Å². The van der Waals surface area contributed by atoms with Crippen molar-refractivity contribution in [3.8, 4) is 0 Å². The predicted molar refractivity (Wildman–Crippen MR) is 103 cm³/mol. The van der Waals surface area contributed by atoms with Crippen LogP contribution in [0.3, 0.4) is 0 Å². The highest BCUT2D eigenvalue weighted by Gasteiger charge is 2.31. The van der Waals surface area contributed by atoms with E-state index in [4.69, 9.17) is 9.98 Å². The van der Waals surface area contributed by atoms with Crippen LogP contribution in [-0.4, -0.2) is 9.97 Å². The summed E-state index contributed by atoms with van der Waals surface area (Å²) in [4.78, 5) is 14.8. The molecule has 0 N–H and O–H groups in total. The number of para-hydroxylation sites is 1. The monoisotopic (exact) mass is 335 g/mol. The van der Waals surface area contributed by atoms with Gasteiger partial charge in [0.2, 0.25) is 0 Å². The fourth-order valence-corrected chi connectivity index (χ4v) is 4.43. The molecule has 2 aromatic heterocycles. The predicted octanol–water partition coefficient (Wildman–Crippen LogP) is 3.50. The van der Waals surface area contributed by atoms with Crippen LogP contribution in [0, 0.1) is 5.92 Å². The molecule has 2 aliphatic rings. The fraction of sp³-hybridized carbons (Fsp3) is 0.174. The first-order valence-corrected chi connectivity index (χ1v) is 9.19. The third kappa shape index (κ3) is 1.97. The number of hydrogen-bond acceptors (Lipinski definition) is 3. The number of nitrogens with zero attached hydrogens (tertiary/aromatic N) is 3. The standard InChI is InChI=1S/C23H17N3/c1-2-6-19-15(4-1)12-16-9-10-18-13-17-8-7-14-5-3-11-24-20(14)21(17)26-23(18)22(16)25-19/h1-8,11-13,16,22H,9-10H2. The molecule has 0 amide bonds. The zero-order valence-corrected chi connectivity index (χ0v) is 14.3. The summed E-state index contributed by atoms with van der Waals surface area (Å²) in [6.45, 7) is 0. The summed E-state index contributed by atoms with van der Waals surface area (Å²) in [5.74, 6) is 0.435. The molecule has 3 nitrogen and oxygen atoms in total. The lowest BCUT2D eigenvalue weighted by Crippen LogP contribution is -2.34. The number of rotatable bonds is 0. The molecule has 1 aliphatic carbocycles. The molecule has 0 radical (unpaired) electrons. The van der Waals surface area contributed by atoms with Crippen molar-refractivity contribution in [2.24, 2.45) is 10.9 Å². The summed E-state index contributed by atoms with van der Waals surface area (Å²) in [5.41, 5.74) is 4.45. The Morgan fingerprint density at radius 2 is 1.81 bits per heavy atom. The van der Waals surface area contributed by atoms with Gasteiger partial charge < -0.3 is 0 Å². The van der Waals surface area contributed by atoms with Crippen molar-refractivity contribution in [1.29, 1.82) is 0 Å². The van der Waals surface area contributed by atoms with Gasteiger partial charge in [0, 0.05) is 22.9 Å². The molecule has 2 aromatic carbocycles. The summed E-state index contributed by atoms with van der Waals surface area (Å²) in [5, 5.41) is 4.65. The van der Waals surface area contributed by atoms with E-state index in [2.05, 4.69) is 59.6 Å². The maximum atomic E-state index is 5.12. The number of fused-ring (bicyclic) bond motifs is 7. The maximum absolute atomic E-state index is 5.12. The summed E-state index contributed by atoms with van der Waals surface area (Å²) >= 11 is 0. The minimum atomic E-state index is 0.122. The fourth-order valence-electron chi connectivity index (χ4n) is 4.43. The summed E-state index contributed by atoms with van der Waals surface area (Å²) in [6, 6.07) is 19.2. The van der Waals surface area contributed by atoms with Crippen LogP contribution in [0.5, 0.6) is 0 Å². The van der Waals surface area contributed by atoms with Crippen molar-refractivity contribution in [2.45, 2.75) is 18.9 Å². The van der Waals surface area contributed by atoms with E-state index in [-0.39, 0.29) is 6.04 Å². The SMILES string of the molecule is C1=c2ccccc2=NC2c3nc4c(ccc5cccnc54)cc3CCC12. The molecule has 3 heterocycles. The first-order chi connectivity index (χ1) is 12.9. The van der Waals surface area contributed by atoms with E-state index in [1.807, 2.05) is 12.3 Å². The van der Waals surface area contributed by atoms with Crippen molar-refractivity contribution in [2.75, 3.05) is 0 Å². The van der Waals surface area contributed by atoms with E-state index >= 15 is 0 Å². The first kappa shape index (κ1) is 14.1. The Morgan fingerprint density at radius 3 is 2.81 bits per heavy atom. The van der Waals surface area contributed by atoms with Gasteiger partial charge in [0.1, 0.15) is 0 Å². The highest BCUT2D eigenvalue weighted by atomic mass is 14.9. The average Bonchev–Trinajstić information content (AvgIpc) is 2.71. The van der Waals surface area contributed by atoms with Gasteiger partial charge in [-0.2, -0.15) is 0 Å². The Hall–Kier alpha value is -3.07. The molecule has 1 aliphatic heterocycles. The van der Waals surface area contributed by atoms with E-state index in [1.165, 1.54) is 16.2 Å². The van der Waals surface area contributed by atoms with Crippen molar-refractivity contribution in [3.05, 3.63) is 82.6 Å². The minimum absolute atomic E-state index is 0.122. The topological polar surface area (TPSA) is 38.1 Å². The molecular formula is C23H17N3. The molecule has 0 bridgehead atoms.